The zero-order valence-corrected chi connectivity index (χ0v) is 22.2. The topological polar surface area (TPSA) is 137 Å². The number of primary amides is 1. The largest absolute Gasteiger partial charge is 0.368 e. The molecule has 0 radical (unpaired) electrons. The quantitative estimate of drug-likeness (QED) is 0.370. The first-order valence-electron chi connectivity index (χ1n) is 13.0. The number of rotatable bonds is 9. The summed E-state index contributed by atoms with van der Waals surface area (Å²) in [4.78, 5) is 38.2. The van der Waals surface area contributed by atoms with Crippen molar-refractivity contribution in [2.45, 2.75) is 58.8 Å². The Morgan fingerprint density at radius 3 is 2.55 bits per heavy atom. The summed E-state index contributed by atoms with van der Waals surface area (Å²) in [6.07, 6.45) is 7.52. The molecular formula is C28H35N7O3. The van der Waals surface area contributed by atoms with Crippen molar-refractivity contribution in [1.82, 2.24) is 19.8 Å². The number of hydrogen-bond donors (Lipinski definition) is 2. The number of benzene rings is 1. The number of fused-ring (bicyclic) bond motifs is 1. The number of aromatic nitrogens is 2. The average Bonchev–Trinajstić information content (AvgIpc) is 2.89. The Bertz CT molecular complexity index is 1330. The lowest BCUT2D eigenvalue weighted by Crippen LogP contribution is -2.51. The van der Waals surface area contributed by atoms with Crippen LogP contribution in [0.25, 0.3) is 12.2 Å². The van der Waals surface area contributed by atoms with Crippen LogP contribution in [-0.2, 0) is 22.6 Å². The molecule has 2 heterocycles. The Morgan fingerprint density at radius 1 is 1.16 bits per heavy atom. The number of ether oxygens (including phenoxy) is 1. The van der Waals surface area contributed by atoms with Crippen molar-refractivity contribution < 1.29 is 14.3 Å². The Hall–Kier alpha value is -3.81. The fourth-order valence-corrected chi connectivity index (χ4v) is 4.97. The third kappa shape index (κ3) is 6.54. The zero-order chi connectivity index (χ0) is 27.2. The number of nitrogens with two attached hydrogens (primary N) is 1. The van der Waals surface area contributed by atoms with Crippen molar-refractivity contribution in [3.8, 4) is 6.26 Å². The van der Waals surface area contributed by atoms with Gasteiger partial charge in [0, 0.05) is 37.4 Å². The molecule has 2 aliphatic rings. The highest BCUT2D eigenvalue weighted by Gasteiger charge is 2.26. The van der Waals surface area contributed by atoms with Crippen LogP contribution in [0.1, 0.15) is 55.4 Å². The van der Waals surface area contributed by atoms with Crippen LogP contribution < -0.4 is 21.6 Å². The van der Waals surface area contributed by atoms with Gasteiger partial charge in [-0.3, -0.25) is 14.6 Å². The first-order valence-corrected chi connectivity index (χ1v) is 13.0. The summed E-state index contributed by atoms with van der Waals surface area (Å²) in [5.41, 5.74) is 7.11. The second-order valence-electron chi connectivity index (χ2n) is 10.3. The molecule has 1 fully saturated rings. The Labute approximate surface area is 222 Å². The number of amides is 1. The van der Waals surface area contributed by atoms with Crippen LogP contribution in [-0.4, -0.2) is 63.4 Å². The number of piperazine rings is 1. The van der Waals surface area contributed by atoms with Gasteiger partial charge in [0.25, 0.3) is 6.26 Å². The molecule has 4 rings (SSSR count). The molecule has 1 saturated heterocycles. The highest BCUT2D eigenvalue weighted by Crippen LogP contribution is 2.16. The first kappa shape index (κ1) is 27.2. The van der Waals surface area contributed by atoms with E-state index in [9.17, 15) is 9.59 Å². The number of anilines is 1. The maximum absolute atomic E-state index is 12.0. The summed E-state index contributed by atoms with van der Waals surface area (Å²) in [7, 11) is 0. The number of carbonyl (C=O) groups excluding carboxylic acids is 2. The van der Waals surface area contributed by atoms with Crippen molar-refractivity contribution in [3.05, 3.63) is 51.8 Å². The number of hydrogen-bond acceptors (Lipinski definition) is 9. The lowest BCUT2D eigenvalue weighted by molar-refractivity contribution is -0.119. The van der Waals surface area contributed by atoms with Gasteiger partial charge in [-0.15, -0.1) is 5.26 Å². The molecule has 3 N–H and O–H groups in total. The van der Waals surface area contributed by atoms with Crippen molar-refractivity contribution in [2.24, 2.45) is 11.7 Å². The van der Waals surface area contributed by atoms with Gasteiger partial charge in [-0.25, -0.2) is 14.8 Å². The summed E-state index contributed by atoms with van der Waals surface area (Å²) in [6, 6.07) is 6.93. The number of esters is 1. The van der Waals surface area contributed by atoms with E-state index in [1.165, 1.54) is 6.26 Å². The first-order chi connectivity index (χ1) is 18.2. The van der Waals surface area contributed by atoms with Gasteiger partial charge in [0.1, 0.15) is 17.7 Å². The van der Waals surface area contributed by atoms with Gasteiger partial charge in [0.2, 0.25) is 5.91 Å². The summed E-state index contributed by atoms with van der Waals surface area (Å²) in [6.45, 7) is 10.1. The van der Waals surface area contributed by atoms with E-state index in [0.717, 1.165) is 61.0 Å². The second-order valence-corrected chi connectivity index (χ2v) is 10.3. The van der Waals surface area contributed by atoms with E-state index in [1.807, 2.05) is 26.0 Å². The number of nitrogens with zero attached hydrogens (tertiary/aromatic N) is 5. The molecule has 2 aromatic rings. The lowest BCUT2D eigenvalue weighted by Gasteiger charge is -2.39. The Morgan fingerprint density at radius 2 is 1.89 bits per heavy atom. The molecule has 1 aliphatic carbocycles. The predicted molar refractivity (Wildman–Crippen MR) is 144 cm³/mol. The van der Waals surface area contributed by atoms with Gasteiger partial charge in [-0.2, -0.15) is 0 Å². The highest BCUT2D eigenvalue weighted by molar-refractivity contribution is 5.90. The molecule has 200 valence electrons. The Balaban J connectivity index is 1.43. The number of nitrogens with one attached hydrogen (secondary N) is 1. The molecule has 10 nitrogen and oxygen atoms in total. The second kappa shape index (κ2) is 12.2. The maximum atomic E-state index is 12.0. The van der Waals surface area contributed by atoms with E-state index in [-0.39, 0.29) is 12.0 Å². The molecule has 1 aromatic carbocycles. The van der Waals surface area contributed by atoms with E-state index < -0.39 is 17.9 Å². The maximum Gasteiger partial charge on any atom is 0.353 e. The van der Waals surface area contributed by atoms with E-state index >= 15 is 0 Å². The smallest absolute Gasteiger partial charge is 0.353 e. The van der Waals surface area contributed by atoms with Crippen LogP contribution in [0.2, 0.25) is 0 Å². The van der Waals surface area contributed by atoms with Crippen LogP contribution in [0.5, 0.6) is 0 Å². The van der Waals surface area contributed by atoms with E-state index in [0.29, 0.717) is 17.9 Å². The van der Waals surface area contributed by atoms with Crippen molar-refractivity contribution >= 4 is 29.8 Å². The standard InChI is InChI=1S/C28H35N7O3/c1-18(2)25(26(30)36)33-27-22-6-4-5-7-23(22)31-24(32-27)16-35-13-12-34(14-19(35)3)15-20-8-10-21(11-9-20)28(37)38-17-29/h6-11,18-19,25H,4-5,12-16H2,1-3H3,(H2,30,36)(H,31,32,33). The van der Waals surface area contributed by atoms with Crippen molar-refractivity contribution in [1.29, 1.82) is 5.26 Å². The molecule has 0 saturated carbocycles. The normalized spacial score (nSPS) is 18.4. The molecule has 1 aliphatic heterocycles. The fourth-order valence-electron chi connectivity index (χ4n) is 4.97. The summed E-state index contributed by atoms with van der Waals surface area (Å²) < 4.78 is 4.38. The van der Waals surface area contributed by atoms with E-state index in [2.05, 4.69) is 38.9 Å². The van der Waals surface area contributed by atoms with Gasteiger partial charge >= 0.3 is 5.97 Å². The SMILES string of the molecule is CC(C)C(Nc1nc(CN2CCN(Cc3ccc(C(=O)OC#N)cc3)CC2C)nc2c1=CCCC=2)C(N)=O. The molecular weight excluding hydrogens is 482 g/mol. The van der Waals surface area contributed by atoms with E-state index in [1.54, 1.807) is 12.1 Å². The van der Waals surface area contributed by atoms with Crippen LogP contribution in [0.4, 0.5) is 5.82 Å². The fraction of sp³-hybridized carbons (Fsp3) is 0.464. The number of carbonyl (C=O) groups is 2. The molecule has 10 heteroatoms. The van der Waals surface area contributed by atoms with Gasteiger partial charge in [0.05, 0.1) is 17.5 Å². The monoisotopic (exact) mass is 517 g/mol. The van der Waals surface area contributed by atoms with Crippen LogP contribution in [0, 0.1) is 17.4 Å². The van der Waals surface area contributed by atoms with Gasteiger partial charge in [-0.1, -0.05) is 38.1 Å². The third-order valence-corrected chi connectivity index (χ3v) is 7.07. The van der Waals surface area contributed by atoms with Gasteiger partial charge < -0.3 is 15.8 Å². The number of nitriles is 1. The molecule has 2 atom stereocenters. The minimum atomic E-state index is -0.645. The molecule has 2 unspecified atom stereocenters. The van der Waals surface area contributed by atoms with Crippen molar-refractivity contribution in [3.63, 3.8) is 0 Å². The summed E-state index contributed by atoms with van der Waals surface area (Å²) >= 11 is 0. The zero-order valence-electron chi connectivity index (χ0n) is 22.2. The van der Waals surface area contributed by atoms with Crippen LogP contribution in [0.3, 0.4) is 0 Å². The minimum Gasteiger partial charge on any atom is -0.368 e. The average molecular weight is 518 g/mol. The lowest BCUT2D eigenvalue weighted by atomic mass is 10.0. The molecule has 1 amide bonds. The molecule has 0 spiro atoms. The highest BCUT2D eigenvalue weighted by atomic mass is 16.5. The van der Waals surface area contributed by atoms with Crippen molar-refractivity contribution in [2.75, 3.05) is 25.0 Å². The predicted octanol–water partition coefficient (Wildman–Crippen LogP) is 1.10. The molecule has 0 bridgehead atoms. The van der Waals surface area contributed by atoms with Gasteiger partial charge in [0.15, 0.2) is 0 Å². The molecule has 38 heavy (non-hydrogen) atoms. The Kier molecular flexibility index (Phi) is 8.71. The summed E-state index contributed by atoms with van der Waals surface area (Å²) in [5, 5.41) is 13.7. The molecule has 1 aromatic heterocycles. The minimum absolute atomic E-state index is 0.0322. The van der Waals surface area contributed by atoms with E-state index in [4.69, 9.17) is 21.0 Å². The van der Waals surface area contributed by atoms with Gasteiger partial charge in [-0.05, 0) is 43.4 Å². The van der Waals surface area contributed by atoms with Crippen LogP contribution >= 0.6 is 0 Å². The third-order valence-electron chi connectivity index (χ3n) is 7.07. The summed E-state index contributed by atoms with van der Waals surface area (Å²) in [5.74, 6) is 0.394. The van der Waals surface area contributed by atoms with Crippen LogP contribution in [0.15, 0.2) is 24.3 Å².